The molecule has 0 bridgehead atoms. The van der Waals surface area contributed by atoms with Crippen LogP contribution in [0, 0.1) is 12.3 Å². The minimum atomic E-state index is -3.55. The number of carbonyl (C=O) groups is 1. The number of nitrogens with one attached hydrogen (secondary N) is 1. The first-order chi connectivity index (χ1) is 17.2. The van der Waals surface area contributed by atoms with E-state index in [0.29, 0.717) is 18.0 Å². The summed E-state index contributed by atoms with van der Waals surface area (Å²) in [6, 6.07) is 12.4. The zero-order valence-corrected chi connectivity index (χ0v) is 23.3. The van der Waals surface area contributed by atoms with E-state index in [9.17, 15) is 13.2 Å². The highest BCUT2D eigenvalue weighted by Gasteiger charge is 2.13. The molecule has 0 unspecified atom stereocenters. The van der Waals surface area contributed by atoms with Gasteiger partial charge in [0.15, 0.2) is 0 Å². The van der Waals surface area contributed by atoms with Crippen molar-refractivity contribution >= 4 is 39.7 Å². The molecule has 0 aliphatic rings. The van der Waals surface area contributed by atoms with Crippen LogP contribution in [0.4, 0.5) is 0 Å². The maximum atomic E-state index is 12.0. The Hall–Kier alpha value is -2.54. The molecule has 1 N–H and O–H groups in total. The number of hydrogen-bond donors (Lipinski definition) is 1. The lowest BCUT2D eigenvalue weighted by Crippen LogP contribution is -2.24. The van der Waals surface area contributed by atoms with Crippen molar-refractivity contribution in [2.75, 3.05) is 33.5 Å². The molecular weight excluding hydrogens is 516 g/mol. The Morgan fingerprint density at radius 1 is 1.28 bits per heavy atom. The molecule has 2 aromatic carbocycles. The molecule has 2 rings (SSSR count). The summed E-state index contributed by atoms with van der Waals surface area (Å²) in [7, 11) is 0.104. The molecule has 2 aromatic rings. The third kappa shape index (κ3) is 11.5. The third-order valence-corrected chi connectivity index (χ3v) is 7.10. The van der Waals surface area contributed by atoms with Gasteiger partial charge >= 0.3 is 0 Å². The number of sulfonamides is 1. The lowest BCUT2D eigenvalue weighted by atomic mass is 10.1. The van der Waals surface area contributed by atoms with E-state index in [2.05, 4.69) is 22.1 Å². The summed E-state index contributed by atoms with van der Waals surface area (Å²) >= 11 is 7.66. The molecule has 0 aliphatic carbocycles. The van der Waals surface area contributed by atoms with E-state index < -0.39 is 10.0 Å². The van der Waals surface area contributed by atoms with Crippen LogP contribution in [-0.2, 0) is 27.8 Å². The first-order valence-corrected chi connectivity index (χ1v) is 14.2. The minimum absolute atomic E-state index is 0.0259. The van der Waals surface area contributed by atoms with Gasteiger partial charge in [0, 0.05) is 30.1 Å². The van der Waals surface area contributed by atoms with E-state index in [-0.39, 0.29) is 11.4 Å². The number of halogens is 1. The van der Waals surface area contributed by atoms with Crippen molar-refractivity contribution in [1.29, 1.82) is 0 Å². The monoisotopic (exact) mass is 548 g/mol. The predicted molar refractivity (Wildman–Crippen MR) is 151 cm³/mol. The fourth-order valence-electron chi connectivity index (χ4n) is 3.04. The average molecular weight is 549 g/mol. The van der Waals surface area contributed by atoms with Gasteiger partial charge < -0.3 is 14.4 Å². The first kappa shape index (κ1) is 31.5. The SMILES string of the molecule is C#CCNS(=O)(=O)c1ccc(CCN(C)Cc2cc(Cl)ccc2OC)cc1.C=C/C(=C\SC)CC=O. The highest BCUT2D eigenvalue weighted by molar-refractivity contribution is 8.01. The number of methoxy groups -OCH3 is 1. The second kappa shape index (κ2) is 17.0. The van der Waals surface area contributed by atoms with Crippen LogP contribution in [0.15, 0.2) is 71.0 Å². The van der Waals surface area contributed by atoms with Crippen LogP contribution in [-0.4, -0.2) is 53.1 Å². The van der Waals surface area contributed by atoms with Gasteiger partial charge in [-0.3, -0.25) is 0 Å². The normalized spacial score (nSPS) is 11.3. The van der Waals surface area contributed by atoms with Gasteiger partial charge in [0.25, 0.3) is 0 Å². The molecule has 36 heavy (non-hydrogen) atoms. The van der Waals surface area contributed by atoms with Crippen LogP contribution in [0.25, 0.3) is 0 Å². The number of rotatable bonds is 13. The zero-order valence-electron chi connectivity index (χ0n) is 20.9. The number of thioether (sulfide) groups is 1. The maximum Gasteiger partial charge on any atom is 0.241 e. The van der Waals surface area contributed by atoms with Crippen molar-refractivity contribution in [3.05, 3.63) is 82.3 Å². The van der Waals surface area contributed by atoms with Crippen LogP contribution in [0.1, 0.15) is 17.5 Å². The third-order valence-electron chi connectivity index (χ3n) is 4.91. The Morgan fingerprint density at radius 2 is 1.97 bits per heavy atom. The summed E-state index contributed by atoms with van der Waals surface area (Å²) in [6.07, 6.45) is 10.9. The van der Waals surface area contributed by atoms with Crippen LogP contribution in [0.3, 0.4) is 0 Å². The number of terminal acetylenes is 1. The Bertz CT molecular complexity index is 1160. The smallest absolute Gasteiger partial charge is 0.241 e. The van der Waals surface area contributed by atoms with Crippen molar-refractivity contribution in [3.8, 4) is 18.1 Å². The lowest BCUT2D eigenvalue weighted by molar-refractivity contribution is -0.107. The summed E-state index contributed by atoms with van der Waals surface area (Å²) in [4.78, 5) is 12.3. The van der Waals surface area contributed by atoms with Gasteiger partial charge in [-0.2, -0.15) is 4.72 Å². The van der Waals surface area contributed by atoms with Crippen LogP contribution in [0.5, 0.6) is 5.75 Å². The number of hydrogen-bond acceptors (Lipinski definition) is 6. The molecule has 0 fully saturated rings. The molecule has 0 radical (unpaired) electrons. The Labute approximate surface area is 224 Å². The maximum absolute atomic E-state index is 12.0. The fourth-order valence-corrected chi connectivity index (χ4v) is 4.67. The Balaban J connectivity index is 0.000000613. The van der Waals surface area contributed by atoms with Gasteiger partial charge in [0.1, 0.15) is 12.0 Å². The van der Waals surface area contributed by atoms with Crippen molar-refractivity contribution < 1.29 is 17.9 Å². The van der Waals surface area contributed by atoms with E-state index in [1.807, 2.05) is 43.0 Å². The molecule has 0 aliphatic heterocycles. The van der Waals surface area contributed by atoms with Gasteiger partial charge in [-0.05, 0) is 66.6 Å². The number of ether oxygens (including phenoxy) is 1. The van der Waals surface area contributed by atoms with Crippen LogP contribution in [0.2, 0.25) is 5.02 Å². The Morgan fingerprint density at radius 3 is 2.53 bits per heavy atom. The molecule has 9 heteroatoms. The molecular formula is C27H33ClN2O4S2. The van der Waals surface area contributed by atoms with Crippen molar-refractivity contribution in [1.82, 2.24) is 9.62 Å². The quantitative estimate of drug-likeness (QED) is 0.217. The van der Waals surface area contributed by atoms with Crippen molar-refractivity contribution in [2.45, 2.75) is 24.3 Å². The van der Waals surface area contributed by atoms with Gasteiger partial charge in [-0.1, -0.05) is 42.3 Å². The van der Waals surface area contributed by atoms with E-state index >= 15 is 0 Å². The van der Waals surface area contributed by atoms with E-state index in [4.69, 9.17) is 22.8 Å². The van der Waals surface area contributed by atoms with Crippen LogP contribution >= 0.6 is 23.4 Å². The fraction of sp³-hybridized carbons (Fsp3) is 0.296. The lowest BCUT2D eigenvalue weighted by Gasteiger charge is -2.18. The summed E-state index contributed by atoms with van der Waals surface area (Å²) in [6.45, 7) is 5.04. The highest BCUT2D eigenvalue weighted by atomic mass is 35.5. The molecule has 0 heterocycles. The van der Waals surface area contributed by atoms with Crippen molar-refractivity contribution in [2.24, 2.45) is 0 Å². The standard InChI is InChI=1S/C20H23ClN2O3S.C7H10OS/c1-4-12-22-27(24,25)19-8-5-16(6-9-19)11-13-23(2)15-17-14-18(21)7-10-20(17)26-3;1-3-7(4-5-8)6-9-2/h1,5-10,14,22H,11-13,15H2,2-3H3;3,5-6H,1,4H2,2H3/b;7-6+. The summed E-state index contributed by atoms with van der Waals surface area (Å²) in [5, 5.41) is 2.59. The minimum Gasteiger partial charge on any atom is -0.496 e. The molecule has 194 valence electrons. The second-order valence-electron chi connectivity index (χ2n) is 7.62. The Kier molecular flexibility index (Phi) is 14.9. The number of aldehydes is 1. The van der Waals surface area contributed by atoms with Crippen molar-refractivity contribution in [3.63, 3.8) is 0 Å². The molecule has 0 aromatic heterocycles. The van der Waals surface area contributed by atoms with E-state index in [0.717, 1.165) is 41.7 Å². The largest absolute Gasteiger partial charge is 0.496 e. The van der Waals surface area contributed by atoms with E-state index in [1.165, 1.54) is 0 Å². The number of benzene rings is 2. The predicted octanol–water partition coefficient (Wildman–Crippen LogP) is 4.94. The summed E-state index contributed by atoms with van der Waals surface area (Å²) < 4.78 is 31.8. The number of carbonyl (C=O) groups excluding carboxylic acids is 1. The van der Waals surface area contributed by atoms with Gasteiger partial charge in [-0.15, -0.1) is 18.2 Å². The second-order valence-corrected chi connectivity index (χ2v) is 10.5. The van der Waals surface area contributed by atoms with Gasteiger partial charge in [-0.25, -0.2) is 8.42 Å². The number of allylic oxidation sites excluding steroid dienone is 2. The van der Waals surface area contributed by atoms with Gasteiger partial charge in [0.2, 0.25) is 10.0 Å². The topological polar surface area (TPSA) is 75.7 Å². The molecule has 0 atom stereocenters. The number of likely N-dealkylation sites (N-methyl/N-ethyl adjacent to an activating group) is 1. The summed E-state index contributed by atoms with van der Waals surface area (Å²) in [5.74, 6) is 3.06. The van der Waals surface area contributed by atoms with Gasteiger partial charge in [0.05, 0.1) is 18.6 Å². The number of nitrogens with zero attached hydrogens (tertiary/aromatic N) is 1. The highest BCUT2D eigenvalue weighted by Crippen LogP contribution is 2.23. The molecule has 0 saturated carbocycles. The molecule has 0 saturated heterocycles. The van der Waals surface area contributed by atoms with Crippen LogP contribution < -0.4 is 9.46 Å². The molecule has 0 amide bonds. The molecule has 6 nitrogen and oxygen atoms in total. The summed E-state index contributed by atoms with van der Waals surface area (Å²) in [5.41, 5.74) is 3.06. The molecule has 0 spiro atoms. The zero-order chi connectivity index (χ0) is 27.0. The van der Waals surface area contributed by atoms with E-state index in [1.54, 1.807) is 43.1 Å². The first-order valence-electron chi connectivity index (χ1n) is 11.0. The average Bonchev–Trinajstić information content (AvgIpc) is 2.87.